The van der Waals surface area contributed by atoms with Gasteiger partial charge in [0.1, 0.15) is 0 Å². The van der Waals surface area contributed by atoms with Crippen molar-refractivity contribution < 1.29 is 10.2 Å². The Morgan fingerprint density at radius 1 is 1.75 bits per heavy atom. The van der Waals surface area contributed by atoms with Crippen LogP contribution in [0.3, 0.4) is 0 Å². The fourth-order valence-electron chi connectivity index (χ4n) is 0.636. The van der Waals surface area contributed by atoms with Crippen LogP contribution in [-0.2, 0) is 0 Å². The summed E-state index contributed by atoms with van der Waals surface area (Å²) in [6.07, 6.45) is -0.144. The third-order valence-corrected chi connectivity index (χ3v) is 0.735. The monoisotopic (exact) mass is 117 g/mol. The third kappa shape index (κ3) is 5.92. The second-order valence-corrected chi connectivity index (χ2v) is 2.55. The van der Waals surface area contributed by atoms with Crippen molar-refractivity contribution in [3.63, 3.8) is 0 Å². The minimum Gasteiger partial charge on any atom is -0.393 e. The molecule has 0 aliphatic carbocycles. The molecule has 0 heterocycles. The fourth-order valence-corrected chi connectivity index (χ4v) is 0.636. The van der Waals surface area contributed by atoms with Gasteiger partial charge in [0.2, 0.25) is 0 Å². The molecule has 0 aliphatic rings. The van der Waals surface area contributed by atoms with E-state index in [1.165, 1.54) is 0 Å². The maximum absolute atomic E-state index is 8.92. The van der Waals surface area contributed by atoms with Crippen molar-refractivity contribution in [2.75, 3.05) is 0 Å². The third-order valence-electron chi connectivity index (χ3n) is 0.735. The Bertz CT molecular complexity index is 61.4. The first kappa shape index (κ1) is 7.92. The van der Waals surface area contributed by atoms with Gasteiger partial charge in [0.05, 0.1) is 11.7 Å². The summed E-state index contributed by atoms with van der Waals surface area (Å²) in [6.45, 7) is 6.60. The van der Waals surface area contributed by atoms with Crippen LogP contribution < -0.4 is 0 Å². The molecule has 0 fully saturated rings. The summed E-state index contributed by atoms with van der Waals surface area (Å²) in [5.41, 5.74) is -0.978. The average Bonchev–Trinajstić information content (AvgIpc) is 1.21. The van der Waals surface area contributed by atoms with Crippen LogP contribution in [0.4, 0.5) is 0 Å². The second kappa shape index (κ2) is 2.46. The predicted molar refractivity (Wildman–Crippen MR) is 32.3 cm³/mol. The topological polar surface area (TPSA) is 40.5 Å². The van der Waals surface area contributed by atoms with Crippen LogP contribution in [0.1, 0.15) is 20.3 Å². The molecule has 8 heavy (non-hydrogen) atoms. The number of hydrogen-bond donors (Lipinski definition) is 2. The highest BCUT2D eigenvalue weighted by atomic mass is 16.3. The lowest BCUT2D eigenvalue weighted by Gasteiger charge is -2.17. The van der Waals surface area contributed by atoms with E-state index in [0.29, 0.717) is 6.42 Å². The van der Waals surface area contributed by atoms with Crippen LogP contribution in [-0.4, -0.2) is 21.9 Å². The number of hydrogen-bond acceptors (Lipinski definition) is 2. The molecule has 0 rings (SSSR count). The lowest BCUT2D eigenvalue weighted by molar-refractivity contribution is 0.0455. The van der Waals surface area contributed by atoms with Crippen LogP contribution in [0.25, 0.3) is 0 Å². The van der Waals surface area contributed by atoms with E-state index in [9.17, 15) is 0 Å². The van der Waals surface area contributed by atoms with Gasteiger partial charge in [-0.1, -0.05) is 0 Å². The van der Waals surface area contributed by atoms with E-state index in [1.807, 2.05) is 0 Å². The summed E-state index contributed by atoms with van der Waals surface area (Å²) in [4.78, 5) is 0. The lowest BCUT2D eigenvalue weighted by atomic mass is 10.0. The Hall–Kier alpha value is -0.0800. The van der Waals surface area contributed by atoms with E-state index < -0.39 is 11.7 Å². The first-order valence-corrected chi connectivity index (χ1v) is 2.67. The van der Waals surface area contributed by atoms with Gasteiger partial charge in [0, 0.05) is 6.42 Å². The van der Waals surface area contributed by atoms with Crippen molar-refractivity contribution in [3.8, 4) is 0 Å². The summed E-state index contributed by atoms with van der Waals surface area (Å²) in [5.74, 6) is 0. The Morgan fingerprint density at radius 2 is 2.12 bits per heavy atom. The van der Waals surface area contributed by atoms with Crippen LogP contribution in [0, 0.1) is 6.92 Å². The molecular formula is C6H13O2. The predicted octanol–water partition coefficient (Wildman–Crippen LogP) is 0.342. The van der Waals surface area contributed by atoms with Crippen molar-refractivity contribution in [2.24, 2.45) is 0 Å². The largest absolute Gasteiger partial charge is 0.393 e. The summed E-state index contributed by atoms with van der Waals surface area (Å²) < 4.78 is 0. The standard InChI is InChI=1S/C6H13O2/c1-5(7)4-6(2,3)8/h5,7-8H,2,4H2,1,3H3. The van der Waals surface area contributed by atoms with Gasteiger partial charge >= 0.3 is 0 Å². The molecule has 0 spiro atoms. The molecule has 2 N–H and O–H groups in total. The van der Waals surface area contributed by atoms with Gasteiger partial charge in [-0.15, -0.1) is 0 Å². The van der Waals surface area contributed by atoms with Crippen molar-refractivity contribution in [3.05, 3.63) is 6.92 Å². The van der Waals surface area contributed by atoms with E-state index in [0.717, 1.165) is 0 Å². The molecule has 0 saturated carbocycles. The Kier molecular flexibility index (Phi) is 2.44. The maximum Gasteiger partial charge on any atom is 0.0645 e. The van der Waals surface area contributed by atoms with Gasteiger partial charge in [-0.3, -0.25) is 0 Å². The molecule has 1 radical (unpaired) electrons. The number of aliphatic hydroxyl groups is 2. The molecule has 2 unspecified atom stereocenters. The Labute approximate surface area is 50.2 Å². The summed E-state index contributed by atoms with van der Waals surface area (Å²) >= 11 is 0. The smallest absolute Gasteiger partial charge is 0.0645 e. The zero-order chi connectivity index (χ0) is 6.78. The Balaban J connectivity index is 3.39. The van der Waals surface area contributed by atoms with Crippen LogP contribution in [0.2, 0.25) is 0 Å². The van der Waals surface area contributed by atoms with Crippen LogP contribution in [0.5, 0.6) is 0 Å². The summed E-state index contributed by atoms with van der Waals surface area (Å²) in [6, 6.07) is 0. The van der Waals surface area contributed by atoms with Gasteiger partial charge in [-0.2, -0.15) is 0 Å². The first-order chi connectivity index (χ1) is 3.42. The molecule has 0 amide bonds. The second-order valence-electron chi connectivity index (χ2n) is 2.55. The van der Waals surface area contributed by atoms with Crippen molar-refractivity contribution in [2.45, 2.75) is 32.0 Å². The summed E-state index contributed by atoms with van der Waals surface area (Å²) in [5, 5.41) is 17.6. The summed E-state index contributed by atoms with van der Waals surface area (Å²) in [7, 11) is 0. The molecule has 0 aromatic carbocycles. The zero-order valence-electron chi connectivity index (χ0n) is 5.39. The maximum atomic E-state index is 8.92. The van der Waals surface area contributed by atoms with Crippen molar-refractivity contribution in [1.82, 2.24) is 0 Å². The minimum atomic E-state index is -0.978. The van der Waals surface area contributed by atoms with Crippen LogP contribution >= 0.6 is 0 Å². The zero-order valence-corrected chi connectivity index (χ0v) is 5.39. The molecule has 2 heteroatoms. The van der Waals surface area contributed by atoms with Crippen molar-refractivity contribution in [1.29, 1.82) is 0 Å². The number of aliphatic hydroxyl groups excluding tert-OH is 1. The average molecular weight is 117 g/mol. The van der Waals surface area contributed by atoms with E-state index in [2.05, 4.69) is 6.92 Å². The number of rotatable bonds is 2. The van der Waals surface area contributed by atoms with E-state index in [4.69, 9.17) is 10.2 Å². The van der Waals surface area contributed by atoms with Gasteiger partial charge in [-0.25, -0.2) is 0 Å². The molecule has 2 nitrogen and oxygen atoms in total. The van der Waals surface area contributed by atoms with Gasteiger partial charge in [0.15, 0.2) is 0 Å². The van der Waals surface area contributed by atoms with Gasteiger partial charge in [0.25, 0.3) is 0 Å². The molecule has 2 atom stereocenters. The quantitative estimate of drug-likeness (QED) is 0.547. The first-order valence-electron chi connectivity index (χ1n) is 2.67. The Morgan fingerprint density at radius 3 is 2.12 bits per heavy atom. The molecule has 0 aromatic heterocycles. The molecule has 0 bridgehead atoms. The highest BCUT2D eigenvalue weighted by molar-refractivity contribution is 4.76. The fraction of sp³-hybridized carbons (Fsp3) is 0.833. The van der Waals surface area contributed by atoms with Crippen molar-refractivity contribution >= 4 is 0 Å². The minimum absolute atomic E-state index is 0.326. The lowest BCUT2D eigenvalue weighted by Crippen LogP contribution is -2.24. The molecular weight excluding hydrogens is 104 g/mol. The highest BCUT2D eigenvalue weighted by Crippen LogP contribution is 2.08. The van der Waals surface area contributed by atoms with E-state index in [-0.39, 0.29) is 0 Å². The normalized spacial score (nSPS) is 16.1. The SMILES string of the molecule is [CH2]C(C)(O)CC(C)O. The molecule has 0 aromatic rings. The van der Waals surface area contributed by atoms with Gasteiger partial charge < -0.3 is 10.2 Å². The van der Waals surface area contributed by atoms with Gasteiger partial charge in [-0.05, 0) is 20.8 Å². The van der Waals surface area contributed by atoms with E-state index >= 15 is 0 Å². The molecule has 0 aliphatic heterocycles. The molecule has 49 valence electrons. The highest BCUT2D eigenvalue weighted by Gasteiger charge is 2.14. The van der Waals surface area contributed by atoms with E-state index in [1.54, 1.807) is 13.8 Å². The van der Waals surface area contributed by atoms with Crippen LogP contribution in [0.15, 0.2) is 0 Å². The molecule has 0 saturated heterocycles.